The van der Waals surface area contributed by atoms with Crippen molar-refractivity contribution in [2.24, 2.45) is 0 Å². The maximum atomic E-state index is 12.1. The Hall–Kier alpha value is -1.44. The molecule has 4 nitrogen and oxygen atoms in total. The molecule has 0 radical (unpaired) electrons. The van der Waals surface area contributed by atoms with Gasteiger partial charge in [-0.15, -0.1) is 13.2 Å². The van der Waals surface area contributed by atoms with Crippen LogP contribution in [0.3, 0.4) is 0 Å². The van der Waals surface area contributed by atoms with Crippen LogP contribution in [0.1, 0.15) is 19.3 Å². The zero-order valence-corrected chi connectivity index (χ0v) is 12.5. The summed E-state index contributed by atoms with van der Waals surface area (Å²) in [7, 11) is 0. The van der Waals surface area contributed by atoms with E-state index in [2.05, 4.69) is 26.0 Å². The summed E-state index contributed by atoms with van der Waals surface area (Å²) in [5, 5.41) is 2.81. The minimum atomic E-state index is -4.74. The van der Waals surface area contributed by atoms with Gasteiger partial charge < -0.3 is 14.8 Å². The van der Waals surface area contributed by atoms with Gasteiger partial charge in [-0.05, 0) is 47.0 Å². The molecular weight excluding hydrogens is 355 g/mol. The molecule has 0 bridgehead atoms. The first kappa shape index (κ1) is 15.9. The standard InChI is InChI=1S/C13H13BrF3NO3/c14-10-7-9(3-4-11(10)21-13(15,16)17)20-6-5-12(19)18-8-1-2-8/h3-4,7-8H,1-2,5-6H2,(H,18,19). The van der Waals surface area contributed by atoms with Crippen LogP contribution in [0.4, 0.5) is 13.2 Å². The lowest BCUT2D eigenvalue weighted by Crippen LogP contribution is -2.26. The summed E-state index contributed by atoms with van der Waals surface area (Å²) in [5.74, 6) is -0.0782. The Bertz CT molecular complexity index is 518. The van der Waals surface area contributed by atoms with Crippen molar-refractivity contribution < 1.29 is 27.4 Å². The van der Waals surface area contributed by atoms with E-state index in [1.807, 2.05) is 0 Å². The van der Waals surface area contributed by atoms with Crippen LogP contribution in [0.2, 0.25) is 0 Å². The van der Waals surface area contributed by atoms with E-state index in [0.29, 0.717) is 11.8 Å². The lowest BCUT2D eigenvalue weighted by Gasteiger charge is -2.12. The predicted octanol–water partition coefficient (Wildman–Crippen LogP) is 3.40. The molecule has 2 rings (SSSR count). The summed E-state index contributed by atoms with van der Waals surface area (Å²) < 4.78 is 45.6. The molecule has 1 aliphatic rings. The predicted molar refractivity (Wildman–Crippen MR) is 72.1 cm³/mol. The smallest absolute Gasteiger partial charge is 0.493 e. The van der Waals surface area contributed by atoms with Crippen LogP contribution in [-0.2, 0) is 4.79 Å². The third kappa shape index (κ3) is 5.82. The number of hydrogen-bond donors (Lipinski definition) is 1. The topological polar surface area (TPSA) is 47.6 Å². The number of nitrogens with one attached hydrogen (secondary N) is 1. The molecule has 0 spiro atoms. The van der Waals surface area contributed by atoms with Gasteiger partial charge in [-0.1, -0.05) is 0 Å². The molecule has 1 aromatic rings. The maximum Gasteiger partial charge on any atom is 0.573 e. The molecule has 21 heavy (non-hydrogen) atoms. The molecule has 1 N–H and O–H groups in total. The molecular formula is C13H13BrF3NO3. The second-order valence-electron chi connectivity index (χ2n) is 4.58. The van der Waals surface area contributed by atoms with Crippen LogP contribution in [-0.4, -0.2) is 24.9 Å². The molecule has 0 aliphatic heterocycles. The largest absolute Gasteiger partial charge is 0.573 e. The molecule has 8 heteroatoms. The number of amides is 1. The Kier molecular flexibility index (Phi) is 4.97. The van der Waals surface area contributed by atoms with E-state index in [4.69, 9.17) is 4.74 Å². The lowest BCUT2D eigenvalue weighted by molar-refractivity contribution is -0.274. The Morgan fingerprint density at radius 3 is 2.67 bits per heavy atom. The van der Waals surface area contributed by atoms with Crippen LogP contribution in [0.5, 0.6) is 11.5 Å². The van der Waals surface area contributed by atoms with Crippen molar-refractivity contribution in [1.82, 2.24) is 5.32 Å². The quantitative estimate of drug-likeness (QED) is 0.838. The van der Waals surface area contributed by atoms with Gasteiger partial charge in [-0.25, -0.2) is 0 Å². The van der Waals surface area contributed by atoms with Gasteiger partial charge >= 0.3 is 6.36 Å². The Morgan fingerprint density at radius 2 is 2.10 bits per heavy atom. The van der Waals surface area contributed by atoms with Crippen molar-refractivity contribution in [3.8, 4) is 11.5 Å². The Balaban J connectivity index is 1.80. The van der Waals surface area contributed by atoms with Crippen LogP contribution < -0.4 is 14.8 Å². The zero-order chi connectivity index (χ0) is 15.5. The molecule has 0 heterocycles. The number of rotatable bonds is 6. The fraction of sp³-hybridized carbons (Fsp3) is 0.462. The van der Waals surface area contributed by atoms with Gasteiger partial charge in [0.25, 0.3) is 0 Å². The average Bonchev–Trinajstić information content (AvgIpc) is 3.15. The molecule has 1 fully saturated rings. The van der Waals surface area contributed by atoms with Crippen LogP contribution in [0, 0.1) is 0 Å². The normalized spacial score (nSPS) is 14.7. The minimum absolute atomic E-state index is 0.0893. The lowest BCUT2D eigenvalue weighted by atomic mass is 10.3. The molecule has 0 saturated heterocycles. The summed E-state index contributed by atoms with van der Waals surface area (Å²) >= 11 is 2.98. The zero-order valence-electron chi connectivity index (χ0n) is 10.9. The van der Waals surface area contributed by atoms with E-state index in [0.717, 1.165) is 18.9 Å². The van der Waals surface area contributed by atoms with Crippen LogP contribution in [0.25, 0.3) is 0 Å². The number of halogens is 4. The van der Waals surface area contributed by atoms with E-state index >= 15 is 0 Å². The van der Waals surface area contributed by atoms with Gasteiger partial charge in [0.15, 0.2) is 0 Å². The third-order valence-corrected chi connectivity index (χ3v) is 3.29. The van der Waals surface area contributed by atoms with E-state index in [1.165, 1.54) is 12.1 Å². The van der Waals surface area contributed by atoms with Gasteiger partial charge in [0.05, 0.1) is 17.5 Å². The van der Waals surface area contributed by atoms with E-state index in [1.54, 1.807) is 0 Å². The number of carbonyl (C=O) groups is 1. The van der Waals surface area contributed by atoms with Gasteiger partial charge in [0.1, 0.15) is 11.5 Å². The van der Waals surface area contributed by atoms with Gasteiger partial charge in [-0.2, -0.15) is 0 Å². The highest BCUT2D eigenvalue weighted by Gasteiger charge is 2.32. The minimum Gasteiger partial charge on any atom is -0.493 e. The molecule has 0 atom stereocenters. The van der Waals surface area contributed by atoms with Crippen molar-refractivity contribution in [1.29, 1.82) is 0 Å². The van der Waals surface area contributed by atoms with Crippen molar-refractivity contribution >= 4 is 21.8 Å². The highest BCUT2D eigenvalue weighted by atomic mass is 79.9. The molecule has 1 amide bonds. The summed E-state index contributed by atoms with van der Waals surface area (Å²) in [6, 6.07) is 4.16. The third-order valence-electron chi connectivity index (χ3n) is 2.67. The number of benzene rings is 1. The van der Waals surface area contributed by atoms with E-state index in [-0.39, 0.29) is 29.2 Å². The highest BCUT2D eigenvalue weighted by Crippen LogP contribution is 2.33. The summed E-state index contributed by atoms with van der Waals surface area (Å²) in [6.45, 7) is 0.157. The summed E-state index contributed by atoms with van der Waals surface area (Å²) in [4.78, 5) is 11.4. The Morgan fingerprint density at radius 1 is 1.38 bits per heavy atom. The molecule has 1 aliphatic carbocycles. The van der Waals surface area contributed by atoms with Gasteiger partial charge in [0.2, 0.25) is 5.91 Å². The SMILES string of the molecule is O=C(CCOc1ccc(OC(F)(F)F)c(Br)c1)NC1CC1. The first-order valence-corrected chi connectivity index (χ1v) is 7.10. The number of carbonyl (C=O) groups excluding carboxylic acids is 1. The van der Waals surface area contributed by atoms with E-state index < -0.39 is 6.36 Å². The molecule has 0 aromatic heterocycles. The first-order chi connectivity index (χ1) is 9.83. The first-order valence-electron chi connectivity index (χ1n) is 6.31. The molecule has 1 saturated carbocycles. The van der Waals surface area contributed by atoms with Crippen LogP contribution >= 0.6 is 15.9 Å². The monoisotopic (exact) mass is 367 g/mol. The second-order valence-corrected chi connectivity index (χ2v) is 5.43. The fourth-order valence-electron chi connectivity index (χ4n) is 1.57. The highest BCUT2D eigenvalue weighted by molar-refractivity contribution is 9.10. The molecule has 0 unspecified atom stereocenters. The second kappa shape index (κ2) is 6.55. The van der Waals surface area contributed by atoms with Crippen LogP contribution in [0.15, 0.2) is 22.7 Å². The van der Waals surface area contributed by atoms with Gasteiger partial charge in [-0.3, -0.25) is 4.79 Å². The molecule has 116 valence electrons. The Labute approximate surface area is 127 Å². The average molecular weight is 368 g/mol. The van der Waals surface area contributed by atoms with Crippen molar-refractivity contribution in [3.05, 3.63) is 22.7 Å². The summed E-state index contributed by atoms with van der Waals surface area (Å²) in [6.07, 6.45) is -2.51. The van der Waals surface area contributed by atoms with Crippen molar-refractivity contribution in [2.75, 3.05) is 6.61 Å². The number of ether oxygens (including phenoxy) is 2. The number of alkyl halides is 3. The number of hydrogen-bond acceptors (Lipinski definition) is 3. The van der Waals surface area contributed by atoms with Crippen molar-refractivity contribution in [3.63, 3.8) is 0 Å². The van der Waals surface area contributed by atoms with Crippen molar-refractivity contribution in [2.45, 2.75) is 31.7 Å². The summed E-state index contributed by atoms with van der Waals surface area (Å²) in [5.41, 5.74) is 0. The van der Waals surface area contributed by atoms with Gasteiger partial charge in [0, 0.05) is 6.04 Å². The maximum absolute atomic E-state index is 12.1. The fourth-order valence-corrected chi connectivity index (χ4v) is 2.01. The van der Waals surface area contributed by atoms with E-state index in [9.17, 15) is 18.0 Å². The molecule has 1 aromatic carbocycles.